The van der Waals surface area contributed by atoms with E-state index >= 15 is 0 Å². The quantitative estimate of drug-likeness (QED) is 0.122. The number of pyridine rings is 1. The van der Waals surface area contributed by atoms with Gasteiger partial charge in [0.15, 0.2) is 17.5 Å². The number of hydrogen-bond acceptors (Lipinski definition) is 4. The van der Waals surface area contributed by atoms with E-state index in [1.54, 1.807) is 0 Å². The van der Waals surface area contributed by atoms with Crippen LogP contribution in [-0.2, 0) is 0 Å². The summed E-state index contributed by atoms with van der Waals surface area (Å²) in [5.41, 5.74) is 27.9. The van der Waals surface area contributed by atoms with Crippen LogP contribution in [-0.4, -0.2) is 38.2 Å². The first-order valence-electron chi connectivity index (χ1n) is 40.8. The molecule has 0 bridgehead atoms. The van der Waals surface area contributed by atoms with E-state index in [9.17, 15) is 0 Å². The number of rotatable bonds is 12. The lowest BCUT2D eigenvalue weighted by molar-refractivity contribution is 1.07. The normalized spacial score (nSPS) is 11.7. The van der Waals surface area contributed by atoms with Crippen LogP contribution in [0.5, 0.6) is 0 Å². The SMILES string of the molecule is c1ccc(-c2cc(-c3ccc(-n4c5ccccc5c5ccc6c(c7ccccc7n6-c6ccccc6-c6ccccc6)c54)cc3)cc(-c3ccc4ccccc4c3)n2)cc1.c1ccc(-c2ccc(-n3c4ccccc4c4c3ccc3c5ccccc5n(-c5ccc(-c6nc(-c7ccccc7)nc(-c7ccc8ccccc8c7)n6)cc5)c34)cc2)cc1. The Labute approximate surface area is 692 Å². The monoisotopic (exact) mass is 1530 g/mol. The van der Waals surface area contributed by atoms with E-state index in [1.165, 1.54) is 115 Å². The summed E-state index contributed by atoms with van der Waals surface area (Å²) in [4.78, 5) is 20.4. The molecule has 24 rings (SSSR count). The Morgan fingerprint density at radius 2 is 0.508 bits per heavy atom. The Balaban J connectivity index is 0.000000140. The van der Waals surface area contributed by atoms with Gasteiger partial charge in [-0.3, -0.25) is 0 Å². The largest absolute Gasteiger partial charge is 0.309 e. The van der Waals surface area contributed by atoms with Crippen molar-refractivity contribution in [1.82, 2.24) is 38.2 Å². The average molecular weight is 1530 g/mol. The predicted molar refractivity (Wildman–Crippen MR) is 500 cm³/mol. The molecule has 0 spiro atoms. The molecule has 6 heterocycles. The molecule has 0 atom stereocenters. The van der Waals surface area contributed by atoms with Gasteiger partial charge in [-0.1, -0.05) is 322 Å². The molecule has 0 radical (unpaired) electrons. The summed E-state index contributed by atoms with van der Waals surface area (Å²) in [5, 5.41) is 14.6. The van der Waals surface area contributed by atoms with Gasteiger partial charge in [0.2, 0.25) is 0 Å². The highest BCUT2D eigenvalue weighted by molar-refractivity contribution is 6.28. The number of hydrogen-bond donors (Lipinski definition) is 0. The zero-order valence-corrected chi connectivity index (χ0v) is 65.1. The van der Waals surface area contributed by atoms with Gasteiger partial charge in [0.1, 0.15) is 0 Å². The minimum atomic E-state index is 0.629. The van der Waals surface area contributed by atoms with Crippen LogP contribution in [0.4, 0.5) is 0 Å². The Bertz CT molecular complexity index is 8110. The molecule has 0 amide bonds. The van der Waals surface area contributed by atoms with Gasteiger partial charge in [-0.05, 0) is 165 Å². The number of fused-ring (bicyclic) bond motifs is 16. The third-order valence-corrected chi connectivity index (χ3v) is 23.9. The maximum Gasteiger partial charge on any atom is 0.164 e. The third-order valence-electron chi connectivity index (χ3n) is 23.9. The predicted octanol–water partition coefficient (Wildman–Crippen LogP) is 29.0. The fourth-order valence-electron chi connectivity index (χ4n) is 18.2. The van der Waals surface area contributed by atoms with Crippen molar-refractivity contribution < 1.29 is 0 Å². The second-order valence-corrected chi connectivity index (χ2v) is 30.8. The van der Waals surface area contributed by atoms with E-state index in [-0.39, 0.29) is 0 Å². The van der Waals surface area contributed by atoms with Crippen molar-refractivity contribution in [3.05, 3.63) is 437 Å². The second-order valence-electron chi connectivity index (χ2n) is 30.8. The summed E-state index contributed by atoms with van der Waals surface area (Å²) in [5.74, 6) is 1.91. The van der Waals surface area contributed by atoms with E-state index in [4.69, 9.17) is 19.9 Å². The Morgan fingerprint density at radius 3 is 1.04 bits per heavy atom. The van der Waals surface area contributed by atoms with Crippen molar-refractivity contribution in [3.8, 4) is 113 Å². The molecule has 0 aliphatic rings. The van der Waals surface area contributed by atoms with Gasteiger partial charge in [-0.2, -0.15) is 0 Å². The van der Waals surface area contributed by atoms with Crippen molar-refractivity contribution in [2.24, 2.45) is 0 Å². The van der Waals surface area contributed by atoms with E-state index in [2.05, 4.69) is 425 Å². The molecule has 560 valence electrons. The molecule has 0 aliphatic carbocycles. The lowest BCUT2D eigenvalue weighted by Gasteiger charge is -2.14. The van der Waals surface area contributed by atoms with Crippen molar-refractivity contribution in [2.75, 3.05) is 0 Å². The molecule has 0 fully saturated rings. The first-order chi connectivity index (χ1) is 59.5. The van der Waals surface area contributed by atoms with Crippen molar-refractivity contribution in [3.63, 3.8) is 0 Å². The van der Waals surface area contributed by atoms with Gasteiger partial charge >= 0.3 is 0 Å². The van der Waals surface area contributed by atoms with Crippen LogP contribution < -0.4 is 0 Å². The number of benzene rings is 18. The van der Waals surface area contributed by atoms with Gasteiger partial charge in [0, 0.05) is 93.5 Å². The van der Waals surface area contributed by atoms with Gasteiger partial charge in [-0.25, -0.2) is 19.9 Å². The molecule has 18 aromatic carbocycles. The Morgan fingerprint density at radius 1 is 0.167 bits per heavy atom. The highest BCUT2D eigenvalue weighted by atomic mass is 15.0. The Hall–Kier alpha value is -16.2. The maximum atomic E-state index is 5.23. The van der Waals surface area contributed by atoms with Crippen molar-refractivity contribution >= 4 is 109 Å². The number of aromatic nitrogens is 8. The molecular formula is C112H72N8. The molecule has 24 aromatic rings. The fraction of sp³-hybridized carbons (Fsp3) is 0. The summed E-state index contributed by atoms with van der Waals surface area (Å²) >= 11 is 0. The smallest absolute Gasteiger partial charge is 0.164 e. The Kier molecular flexibility index (Phi) is 16.7. The molecule has 0 saturated heterocycles. The average Bonchev–Trinajstić information content (AvgIpc) is 1.55. The zero-order valence-electron chi connectivity index (χ0n) is 65.1. The lowest BCUT2D eigenvalue weighted by Crippen LogP contribution is -2.00. The van der Waals surface area contributed by atoms with E-state index in [0.717, 1.165) is 89.5 Å². The fourth-order valence-corrected chi connectivity index (χ4v) is 18.2. The van der Waals surface area contributed by atoms with Crippen molar-refractivity contribution in [2.45, 2.75) is 0 Å². The molecule has 8 nitrogen and oxygen atoms in total. The number of para-hydroxylation sites is 5. The van der Waals surface area contributed by atoms with Crippen LogP contribution in [0, 0.1) is 0 Å². The highest BCUT2D eigenvalue weighted by Gasteiger charge is 2.25. The minimum absolute atomic E-state index is 0.629. The van der Waals surface area contributed by atoms with E-state index in [0.29, 0.717) is 17.5 Å². The minimum Gasteiger partial charge on any atom is -0.309 e. The third kappa shape index (κ3) is 11.9. The molecule has 120 heavy (non-hydrogen) atoms. The van der Waals surface area contributed by atoms with Gasteiger partial charge in [-0.15, -0.1) is 0 Å². The number of nitrogens with zero attached hydrogens (tertiary/aromatic N) is 8. The van der Waals surface area contributed by atoms with E-state index in [1.807, 2.05) is 30.3 Å². The van der Waals surface area contributed by atoms with E-state index < -0.39 is 0 Å². The van der Waals surface area contributed by atoms with Crippen LogP contribution in [0.15, 0.2) is 437 Å². The summed E-state index contributed by atoms with van der Waals surface area (Å²) in [7, 11) is 0. The standard InChI is InChI=1S/C57H37N3.C55H35N5/c1-3-16-40(17-4-1)46-21-9-12-24-52(46)60-54-26-14-11-23-49(54)56-55(60)34-33-48-47-22-10-13-25-53(47)59(57(48)56)45-31-29-39(30-32-45)44-36-50(41-18-5-2-6-19-41)58-51(37-44)43-28-27-38-15-7-8-20-42(38)35-43;1-3-13-36(14-4-1)38-25-29-43(30-26-38)59-49-22-12-10-20-47(49)51-50(59)34-33-46-45-19-9-11-21-48(45)60(52(46)51)44-31-27-40(28-32-44)54-56-53(39-16-5-2-6-17-39)57-55(58-54)42-24-23-37-15-7-8-18-41(37)35-42/h1-37H;1-35H. The molecule has 6 aromatic heterocycles. The highest BCUT2D eigenvalue weighted by Crippen LogP contribution is 2.47. The van der Waals surface area contributed by atoms with Crippen LogP contribution in [0.3, 0.4) is 0 Å². The molecule has 0 N–H and O–H groups in total. The van der Waals surface area contributed by atoms with Crippen LogP contribution in [0.2, 0.25) is 0 Å². The summed E-state index contributed by atoms with van der Waals surface area (Å²) in [6, 6.07) is 156. The first kappa shape index (κ1) is 69.4. The van der Waals surface area contributed by atoms with Gasteiger partial charge < -0.3 is 18.3 Å². The summed E-state index contributed by atoms with van der Waals surface area (Å²) in [6.07, 6.45) is 0. The van der Waals surface area contributed by atoms with Crippen LogP contribution >= 0.6 is 0 Å². The lowest BCUT2D eigenvalue weighted by atomic mass is 9.98. The first-order valence-corrected chi connectivity index (χ1v) is 40.8. The zero-order chi connectivity index (χ0) is 79.1. The maximum absolute atomic E-state index is 5.23. The topological polar surface area (TPSA) is 71.3 Å². The van der Waals surface area contributed by atoms with Crippen molar-refractivity contribution in [1.29, 1.82) is 0 Å². The van der Waals surface area contributed by atoms with Crippen LogP contribution in [0.1, 0.15) is 0 Å². The molecular weight excluding hydrogens is 1460 g/mol. The second kappa shape index (κ2) is 29.0. The van der Waals surface area contributed by atoms with Gasteiger partial charge in [0.25, 0.3) is 0 Å². The molecule has 0 unspecified atom stereocenters. The van der Waals surface area contributed by atoms with Crippen LogP contribution in [0.25, 0.3) is 222 Å². The van der Waals surface area contributed by atoms with Gasteiger partial charge in [0.05, 0.1) is 61.2 Å². The molecule has 0 aliphatic heterocycles. The molecule has 0 saturated carbocycles. The summed E-state index contributed by atoms with van der Waals surface area (Å²) < 4.78 is 9.76. The summed E-state index contributed by atoms with van der Waals surface area (Å²) in [6.45, 7) is 0. The molecule has 8 heteroatoms.